The maximum atomic E-state index is 11.2. The van der Waals surface area contributed by atoms with Crippen molar-refractivity contribution in [2.24, 2.45) is 46.3 Å². The van der Waals surface area contributed by atoms with Crippen LogP contribution in [0.4, 0.5) is 0 Å². The second-order valence-corrected chi connectivity index (χ2v) is 11.4. The van der Waals surface area contributed by atoms with E-state index in [4.69, 9.17) is 5.11 Å². The molecule has 4 fully saturated rings. The van der Waals surface area contributed by atoms with Gasteiger partial charge in [-0.15, -0.1) is 0 Å². The monoisotopic (exact) mass is 409 g/mol. The SMILES string of the molecule is C[C@H](CCC(=O)O)[C@H]1CCC2C3C(CC[C@@]21C)[C@@]1(C)CC[C@@H](O)CC1C[C@H]3O.N. The molecule has 4 rings (SSSR count). The van der Waals surface area contributed by atoms with Crippen molar-refractivity contribution in [1.29, 1.82) is 0 Å². The molecule has 4 aliphatic rings. The molecule has 4 unspecified atom stereocenters. The Hall–Kier alpha value is -0.650. The zero-order valence-corrected chi connectivity index (χ0v) is 18.6. The molecular weight excluding hydrogens is 366 g/mol. The molecule has 4 saturated carbocycles. The highest BCUT2D eigenvalue weighted by Crippen LogP contribution is 2.68. The van der Waals surface area contributed by atoms with Gasteiger partial charge in [-0.25, -0.2) is 0 Å². The van der Waals surface area contributed by atoms with Crippen LogP contribution in [0.2, 0.25) is 0 Å². The highest BCUT2D eigenvalue weighted by molar-refractivity contribution is 5.66. The van der Waals surface area contributed by atoms with E-state index < -0.39 is 5.97 Å². The number of hydrogen-bond acceptors (Lipinski definition) is 4. The fraction of sp³-hybridized carbons (Fsp3) is 0.958. The van der Waals surface area contributed by atoms with E-state index in [1.54, 1.807) is 0 Å². The highest BCUT2D eigenvalue weighted by atomic mass is 16.4. The molecule has 5 heteroatoms. The predicted molar refractivity (Wildman–Crippen MR) is 114 cm³/mol. The second kappa shape index (κ2) is 8.12. The lowest BCUT2D eigenvalue weighted by molar-refractivity contribution is -0.174. The number of aliphatic carboxylic acids is 1. The van der Waals surface area contributed by atoms with E-state index in [9.17, 15) is 15.0 Å². The van der Waals surface area contributed by atoms with E-state index >= 15 is 0 Å². The quantitative estimate of drug-likeness (QED) is 0.540. The Morgan fingerprint density at radius 1 is 1.00 bits per heavy atom. The molecular formula is C24H43NO4. The van der Waals surface area contributed by atoms with Gasteiger partial charge >= 0.3 is 5.97 Å². The van der Waals surface area contributed by atoms with Crippen molar-refractivity contribution in [1.82, 2.24) is 6.15 Å². The molecule has 0 spiro atoms. The Bertz CT molecular complexity index is 612. The molecule has 29 heavy (non-hydrogen) atoms. The van der Waals surface area contributed by atoms with Crippen LogP contribution >= 0.6 is 0 Å². The van der Waals surface area contributed by atoms with Gasteiger partial charge in [0.2, 0.25) is 0 Å². The van der Waals surface area contributed by atoms with E-state index in [0.29, 0.717) is 35.5 Å². The number of carbonyl (C=O) groups is 1. The van der Waals surface area contributed by atoms with Gasteiger partial charge in [-0.2, -0.15) is 0 Å². The number of aliphatic hydroxyl groups is 2. The minimum atomic E-state index is -0.684. The molecule has 6 N–H and O–H groups in total. The topological polar surface area (TPSA) is 113 Å². The third-order valence-corrected chi connectivity index (χ3v) is 10.2. The van der Waals surface area contributed by atoms with Gasteiger partial charge in [0.05, 0.1) is 12.2 Å². The van der Waals surface area contributed by atoms with Gasteiger partial charge in [0.15, 0.2) is 0 Å². The van der Waals surface area contributed by atoms with Crippen LogP contribution in [0, 0.1) is 46.3 Å². The van der Waals surface area contributed by atoms with E-state index in [1.807, 2.05) is 0 Å². The van der Waals surface area contributed by atoms with Gasteiger partial charge in [-0.1, -0.05) is 20.8 Å². The lowest BCUT2D eigenvalue weighted by atomic mass is 9.43. The van der Waals surface area contributed by atoms with Crippen LogP contribution in [0.5, 0.6) is 0 Å². The Labute approximate surface area is 176 Å². The molecule has 0 aromatic rings. The highest BCUT2D eigenvalue weighted by Gasteiger charge is 2.62. The first-order valence-corrected chi connectivity index (χ1v) is 11.7. The van der Waals surface area contributed by atoms with Crippen molar-refractivity contribution in [2.45, 2.75) is 97.2 Å². The van der Waals surface area contributed by atoms with Gasteiger partial charge in [0.1, 0.15) is 0 Å². The van der Waals surface area contributed by atoms with E-state index in [0.717, 1.165) is 32.1 Å². The van der Waals surface area contributed by atoms with Crippen LogP contribution < -0.4 is 6.15 Å². The summed E-state index contributed by atoms with van der Waals surface area (Å²) in [5.74, 6) is 2.36. The summed E-state index contributed by atoms with van der Waals surface area (Å²) >= 11 is 0. The zero-order valence-electron chi connectivity index (χ0n) is 18.6. The average molecular weight is 410 g/mol. The predicted octanol–water partition coefficient (Wildman–Crippen LogP) is 4.64. The lowest BCUT2D eigenvalue weighted by Crippen LogP contribution is -2.58. The van der Waals surface area contributed by atoms with Gasteiger partial charge in [-0.05, 0) is 104 Å². The smallest absolute Gasteiger partial charge is 0.303 e. The number of rotatable bonds is 4. The van der Waals surface area contributed by atoms with Gasteiger partial charge in [0.25, 0.3) is 0 Å². The third-order valence-electron chi connectivity index (χ3n) is 10.2. The average Bonchev–Trinajstić information content (AvgIpc) is 2.98. The van der Waals surface area contributed by atoms with Gasteiger partial charge in [-0.3, -0.25) is 4.79 Å². The summed E-state index contributed by atoms with van der Waals surface area (Å²) in [5.41, 5.74) is 0.523. The van der Waals surface area contributed by atoms with Crippen molar-refractivity contribution in [3.63, 3.8) is 0 Å². The Morgan fingerprint density at radius 2 is 1.66 bits per heavy atom. The summed E-state index contributed by atoms with van der Waals surface area (Å²) in [6.45, 7) is 7.16. The molecule has 4 aliphatic carbocycles. The third kappa shape index (κ3) is 3.65. The van der Waals surface area contributed by atoms with Crippen LogP contribution in [0.1, 0.15) is 85.0 Å². The number of fused-ring (bicyclic) bond motifs is 5. The first-order chi connectivity index (χ1) is 13.2. The van der Waals surface area contributed by atoms with E-state index in [-0.39, 0.29) is 35.6 Å². The van der Waals surface area contributed by atoms with Crippen LogP contribution in [0.15, 0.2) is 0 Å². The number of carboxylic acid groups (broad SMARTS) is 1. The first kappa shape index (κ1) is 23.0. The molecule has 168 valence electrons. The maximum Gasteiger partial charge on any atom is 0.303 e. The summed E-state index contributed by atoms with van der Waals surface area (Å²) < 4.78 is 0. The van der Waals surface area contributed by atoms with E-state index in [1.165, 1.54) is 25.7 Å². The Kier molecular flexibility index (Phi) is 6.45. The molecule has 0 amide bonds. The minimum Gasteiger partial charge on any atom is -0.481 e. The van der Waals surface area contributed by atoms with Crippen molar-refractivity contribution in [3.8, 4) is 0 Å². The zero-order chi connectivity index (χ0) is 20.3. The van der Waals surface area contributed by atoms with Crippen LogP contribution in [0.25, 0.3) is 0 Å². The molecule has 0 radical (unpaired) electrons. The fourth-order valence-electron chi connectivity index (χ4n) is 8.73. The number of carboxylic acids is 1. The van der Waals surface area contributed by atoms with Crippen LogP contribution in [-0.4, -0.2) is 33.5 Å². The van der Waals surface area contributed by atoms with Crippen molar-refractivity contribution in [2.75, 3.05) is 0 Å². The molecule has 0 saturated heterocycles. The summed E-state index contributed by atoms with van der Waals surface area (Å²) in [5, 5.41) is 30.5. The van der Waals surface area contributed by atoms with E-state index in [2.05, 4.69) is 20.8 Å². The van der Waals surface area contributed by atoms with Gasteiger partial charge < -0.3 is 21.5 Å². The molecule has 0 aromatic heterocycles. The fourth-order valence-corrected chi connectivity index (χ4v) is 8.73. The summed E-state index contributed by atoms with van der Waals surface area (Å²) in [4.78, 5) is 11.1. The molecule has 10 atom stereocenters. The number of aliphatic hydroxyl groups excluding tert-OH is 2. The minimum absolute atomic E-state index is 0. The Balaban J connectivity index is 0.00000240. The lowest BCUT2D eigenvalue weighted by Gasteiger charge is -2.62. The Morgan fingerprint density at radius 3 is 2.34 bits per heavy atom. The molecule has 0 heterocycles. The standard InChI is InChI=1S/C24H40O4.H3N/c1-14(4-7-21(27)28)17-5-6-18-22-19(9-11-24(17,18)3)23(2)10-8-16(25)12-15(23)13-20(22)26;/h14-20,22,25-26H,4-13H2,1-3H3,(H,27,28);1H3/t14-,15?,16-,17-,18?,19?,20-,22?,23+,24-;/m1./s1. The number of hydrogen-bond donors (Lipinski definition) is 4. The maximum absolute atomic E-state index is 11.2. The molecule has 0 aromatic carbocycles. The van der Waals surface area contributed by atoms with Crippen molar-refractivity contribution in [3.05, 3.63) is 0 Å². The van der Waals surface area contributed by atoms with Gasteiger partial charge in [0, 0.05) is 6.42 Å². The summed E-state index contributed by atoms with van der Waals surface area (Å²) in [6, 6.07) is 0. The molecule has 0 bridgehead atoms. The normalized spacial score (nSPS) is 49.9. The van der Waals surface area contributed by atoms with Crippen LogP contribution in [-0.2, 0) is 4.79 Å². The molecule has 0 aliphatic heterocycles. The van der Waals surface area contributed by atoms with Crippen molar-refractivity contribution >= 4 is 5.97 Å². The first-order valence-electron chi connectivity index (χ1n) is 11.7. The second-order valence-electron chi connectivity index (χ2n) is 11.4. The summed E-state index contributed by atoms with van der Waals surface area (Å²) in [7, 11) is 0. The van der Waals surface area contributed by atoms with Crippen LogP contribution in [0.3, 0.4) is 0 Å². The van der Waals surface area contributed by atoms with Crippen molar-refractivity contribution < 1.29 is 20.1 Å². The summed E-state index contributed by atoms with van der Waals surface area (Å²) in [6.07, 6.45) is 9.19. The largest absolute Gasteiger partial charge is 0.481 e. The molecule has 5 nitrogen and oxygen atoms in total.